The van der Waals surface area contributed by atoms with E-state index in [9.17, 15) is 16.8 Å². The molecule has 2 N–H and O–H groups in total. The standard InChI is InChI=1S/C21H22N2O6S2/c1-15-9-11-17(12-10-15)30(24,25)23-18-13-20(29-3)21(14-19(18)28-2)31(26,27)22-16-7-5-4-6-8-16/h4-14,22-23H,1-3H3. The van der Waals surface area contributed by atoms with Gasteiger partial charge in [0, 0.05) is 17.8 Å². The first-order valence-corrected chi connectivity index (χ1v) is 12.1. The first-order valence-electron chi connectivity index (χ1n) is 9.09. The zero-order valence-electron chi connectivity index (χ0n) is 17.1. The summed E-state index contributed by atoms with van der Waals surface area (Å²) >= 11 is 0. The molecule has 0 saturated heterocycles. The van der Waals surface area contributed by atoms with Crippen molar-refractivity contribution in [1.82, 2.24) is 0 Å². The zero-order chi connectivity index (χ0) is 22.6. The number of ether oxygens (including phenoxy) is 2. The van der Waals surface area contributed by atoms with Crippen LogP contribution in [0.5, 0.6) is 11.5 Å². The summed E-state index contributed by atoms with van der Waals surface area (Å²) in [7, 11) is -5.37. The van der Waals surface area contributed by atoms with Crippen molar-refractivity contribution in [3.8, 4) is 11.5 Å². The average molecular weight is 463 g/mol. The molecule has 3 aromatic rings. The van der Waals surface area contributed by atoms with Crippen LogP contribution in [-0.2, 0) is 20.0 Å². The number of nitrogens with one attached hydrogen (secondary N) is 2. The molecule has 0 aliphatic rings. The maximum absolute atomic E-state index is 12.9. The Kier molecular flexibility index (Phi) is 6.42. The molecule has 0 fully saturated rings. The molecule has 0 saturated carbocycles. The predicted octanol–water partition coefficient (Wildman–Crippen LogP) is 3.61. The molecule has 31 heavy (non-hydrogen) atoms. The van der Waals surface area contributed by atoms with E-state index in [1.807, 2.05) is 6.92 Å². The molecule has 0 aliphatic heterocycles. The lowest BCUT2D eigenvalue weighted by Crippen LogP contribution is -2.16. The maximum atomic E-state index is 12.9. The highest BCUT2D eigenvalue weighted by atomic mass is 32.2. The lowest BCUT2D eigenvalue weighted by atomic mass is 10.2. The fourth-order valence-electron chi connectivity index (χ4n) is 2.80. The fraction of sp³-hybridized carbons (Fsp3) is 0.143. The van der Waals surface area contributed by atoms with Crippen LogP contribution in [0.1, 0.15) is 5.56 Å². The molecule has 0 aliphatic carbocycles. The number of rotatable bonds is 8. The summed E-state index contributed by atoms with van der Waals surface area (Å²) in [5.74, 6) is -0.0317. The van der Waals surface area contributed by atoms with Gasteiger partial charge in [0.05, 0.1) is 24.8 Å². The van der Waals surface area contributed by atoms with Gasteiger partial charge in [-0.05, 0) is 31.2 Å². The molecule has 0 unspecified atom stereocenters. The highest BCUT2D eigenvalue weighted by Crippen LogP contribution is 2.37. The van der Waals surface area contributed by atoms with Gasteiger partial charge in [0.15, 0.2) is 0 Å². The van der Waals surface area contributed by atoms with Gasteiger partial charge in [0.1, 0.15) is 16.4 Å². The van der Waals surface area contributed by atoms with E-state index < -0.39 is 20.0 Å². The van der Waals surface area contributed by atoms with Crippen molar-refractivity contribution in [2.24, 2.45) is 0 Å². The monoisotopic (exact) mass is 462 g/mol. The third-order valence-corrected chi connectivity index (χ3v) is 7.16. The molecule has 0 spiro atoms. The van der Waals surface area contributed by atoms with E-state index in [1.54, 1.807) is 42.5 Å². The van der Waals surface area contributed by atoms with Crippen molar-refractivity contribution in [3.05, 3.63) is 72.3 Å². The third kappa shape index (κ3) is 5.09. The Hall–Kier alpha value is -3.24. The molecule has 10 heteroatoms. The molecule has 3 aromatic carbocycles. The van der Waals surface area contributed by atoms with Crippen LogP contribution in [0.15, 0.2) is 76.5 Å². The van der Waals surface area contributed by atoms with Gasteiger partial charge in [0.25, 0.3) is 20.0 Å². The van der Waals surface area contributed by atoms with Gasteiger partial charge in [-0.15, -0.1) is 0 Å². The molecule has 0 atom stereocenters. The van der Waals surface area contributed by atoms with Crippen LogP contribution in [-0.4, -0.2) is 31.1 Å². The van der Waals surface area contributed by atoms with Gasteiger partial charge in [-0.1, -0.05) is 35.9 Å². The van der Waals surface area contributed by atoms with E-state index in [-0.39, 0.29) is 27.0 Å². The second-order valence-corrected chi connectivity index (χ2v) is 9.93. The Bertz CT molecular complexity index is 1270. The van der Waals surface area contributed by atoms with Crippen molar-refractivity contribution < 1.29 is 26.3 Å². The zero-order valence-corrected chi connectivity index (χ0v) is 18.7. The van der Waals surface area contributed by atoms with Crippen LogP contribution < -0.4 is 18.9 Å². The molecule has 0 amide bonds. The average Bonchev–Trinajstić information content (AvgIpc) is 2.73. The molecule has 0 aromatic heterocycles. The Morgan fingerprint density at radius 3 is 1.90 bits per heavy atom. The Morgan fingerprint density at radius 1 is 0.710 bits per heavy atom. The summed E-state index contributed by atoms with van der Waals surface area (Å²) < 4.78 is 66.7. The molecule has 0 bridgehead atoms. The van der Waals surface area contributed by atoms with E-state index in [0.29, 0.717) is 5.69 Å². The first-order chi connectivity index (χ1) is 14.7. The SMILES string of the molecule is COc1cc(S(=O)(=O)Nc2ccccc2)c(OC)cc1NS(=O)(=O)c1ccc(C)cc1. The van der Waals surface area contributed by atoms with Crippen molar-refractivity contribution in [1.29, 1.82) is 0 Å². The topological polar surface area (TPSA) is 111 Å². The van der Waals surface area contributed by atoms with Gasteiger partial charge in [0.2, 0.25) is 0 Å². The number of sulfonamides is 2. The Balaban J connectivity index is 2.01. The van der Waals surface area contributed by atoms with Crippen LogP contribution in [0, 0.1) is 6.92 Å². The number of anilines is 2. The Labute approximate surface area is 181 Å². The summed E-state index contributed by atoms with van der Waals surface area (Å²) in [6.45, 7) is 1.85. The normalized spacial score (nSPS) is 11.6. The lowest BCUT2D eigenvalue weighted by Gasteiger charge is -2.17. The van der Waals surface area contributed by atoms with E-state index >= 15 is 0 Å². The van der Waals surface area contributed by atoms with E-state index in [1.165, 1.54) is 38.5 Å². The predicted molar refractivity (Wildman–Crippen MR) is 119 cm³/mol. The molecule has 164 valence electrons. The second-order valence-electron chi connectivity index (χ2n) is 6.59. The van der Waals surface area contributed by atoms with Crippen molar-refractivity contribution in [2.45, 2.75) is 16.7 Å². The van der Waals surface area contributed by atoms with Crippen LogP contribution in [0.25, 0.3) is 0 Å². The number of aryl methyl sites for hydroxylation is 1. The minimum Gasteiger partial charge on any atom is -0.495 e. The number of para-hydroxylation sites is 1. The quantitative estimate of drug-likeness (QED) is 0.529. The molecule has 0 radical (unpaired) electrons. The van der Waals surface area contributed by atoms with Gasteiger partial charge < -0.3 is 9.47 Å². The van der Waals surface area contributed by atoms with E-state index in [2.05, 4.69) is 9.44 Å². The third-order valence-electron chi connectivity index (χ3n) is 4.38. The fourth-order valence-corrected chi connectivity index (χ4v) is 5.08. The number of methoxy groups -OCH3 is 2. The lowest BCUT2D eigenvalue weighted by molar-refractivity contribution is 0.394. The number of benzene rings is 3. The smallest absolute Gasteiger partial charge is 0.265 e. The molecule has 8 nitrogen and oxygen atoms in total. The van der Waals surface area contributed by atoms with Gasteiger partial charge in [-0.25, -0.2) is 16.8 Å². The second kappa shape index (κ2) is 8.86. The molecular formula is C21H22N2O6S2. The van der Waals surface area contributed by atoms with Crippen molar-refractivity contribution in [2.75, 3.05) is 23.7 Å². The van der Waals surface area contributed by atoms with Crippen molar-refractivity contribution in [3.63, 3.8) is 0 Å². The summed E-state index contributed by atoms with van der Waals surface area (Å²) in [5.41, 5.74) is 1.32. The summed E-state index contributed by atoms with van der Waals surface area (Å²) in [6.07, 6.45) is 0. The highest BCUT2D eigenvalue weighted by molar-refractivity contribution is 7.93. The molecular weight excluding hydrogens is 440 g/mol. The largest absolute Gasteiger partial charge is 0.495 e. The number of hydrogen-bond donors (Lipinski definition) is 2. The Morgan fingerprint density at radius 2 is 1.32 bits per heavy atom. The van der Waals surface area contributed by atoms with Crippen LogP contribution in [0.3, 0.4) is 0 Å². The minimum atomic E-state index is -4.04. The summed E-state index contributed by atoms with van der Waals surface area (Å²) in [4.78, 5) is -0.143. The first kappa shape index (κ1) is 22.4. The van der Waals surface area contributed by atoms with Gasteiger partial charge in [-0.3, -0.25) is 9.44 Å². The molecule has 0 heterocycles. The van der Waals surface area contributed by atoms with Crippen LogP contribution in [0.4, 0.5) is 11.4 Å². The summed E-state index contributed by atoms with van der Waals surface area (Å²) in [6, 6.07) is 17.1. The minimum absolute atomic E-state index is 0.0184. The van der Waals surface area contributed by atoms with Gasteiger partial charge >= 0.3 is 0 Å². The van der Waals surface area contributed by atoms with Crippen LogP contribution >= 0.6 is 0 Å². The van der Waals surface area contributed by atoms with Gasteiger partial charge in [-0.2, -0.15) is 0 Å². The van der Waals surface area contributed by atoms with E-state index in [4.69, 9.17) is 9.47 Å². The van der Waals surface area contributed by atoms with Crippen LogP contribution in [0.2, 0.25) is 0 Å². The molecule has 3 rings (SSSR count). The maximum Gasteiger partial charge on any atom is 0.265 e. The van der Waals surface area contributed by atoms with Crippen molar-refractivity contribution >= 4 is 31.4 Å². The number of hydrogen-bond acceptors (Lipinski definition) is 6. The van der Waals surface area contributed by atoms with E-state index in [0.717, 1.165) is 5.56 Å². The summed E-state index contributed by atoms with van der Waals surface area (Å²) in [5, 5.41) is 0. The highest BCUT2D eigenvalue weighted by Gasteiger charge is 2.25.